The van der Waals surface area contributed by atoms with Gasteiger partial charge in [-0.05, 0) is 22.0 Å². The van der Waals surface area contributed by atoms with Crippen LogP contribution in [0.5, 0.6) is 0 Å². The molecule has 0 aliphatic carbocycles. The lowest BCUT2D eigenvalue weighted by Crippen LogP contribution is -2.52. The fourth-order valence-electron chi connectivity index (χ4n) is 2.33. The number of fused-ring (bicyclic) bond motifs is 1. The van der Waals surface area contributed by atoms with E-state index < -0.39 is 23.1 Å². The van der Waals surface area contributed by atoms with E-state index in [4.69, 9.17) is 16.3 Å². The largest absolute Gasteiger partial charge is 0.469 e. The van der Waals surface area contributed by atoms with Crippen molar-refractivity contribution in [3.8, 4) is 0 Å². The van der Waals surface area contributed by atoms with Gasteiger partial charge in [0.2, 0.25) is 0 Å². The number of ether oxygens (including phenoxy) is 2. The number of esters is 1. The van der Waals surface area contributed by atoms with Crippen molar-refractivity contribution >= 4 is 39.4 Å². The van der Waals surface area contributed by atoms with E-state index in [-0.39, 0.29) is 28.2 Å². The highest BCUT2D eigenvalue weighted by Crippen LogP contribution is 2.31. The molecule has 21 heavy (non-hydrogen) atoms. The highest BCUT2D eigenvalue weighted by molar-refractivity contribution is 9.10. The van der Waals surface area contributed by atoms with E-state index >= 15 is 0 Å². The molecule has 1 aliphatic heterocycles. The zero-order valence-electron chi connectivity index (χ0n) is 11.2. The first-order chi connectivity index (χ1) is 9.86. The predicted molar refractivity (Wildman–Crippen MR) is 77.4 cm³/mol. The van der Waals surface area contributed by atoms with Crippen LogP contribution in [0.3, 0.4) is 0 Å². The molecular weight excluding hydrogens is 367 g/mol. The van der Waals surface area contributed by atoms with Crippen molar-refractivity contribution < 1.29 is 19.1 Å². The van der Waals surface area contributed by atoms with Crippen molar-refractivity contribution in [2.75, 3.05) is 20.8 Å². The second-order valence-electron chi connectivity index (χ2n) is 4.50. The fourth-order valence-corrected chi connectivity index (χ4v) is 3.14. The molecule has 1 N–H and O–H groups in total. The Morgan fingerprint density at radius 2 is 2.14 bits per heavy atom. The molecule has 0 fully saturated rings. The zero-order valence-corrected chi connectivity index (χ0v) is 13.6. The number of pyridine rings is 1. The molecule has 1 aromatic rings. The van der Waals surface area contributed by atoms with Crippen molar-refractivity contribution in [1.29, 1.82) is 0 Å². The maximum Gasteiger partial charge on any atom is 0.309 e. The molecule has 1 aliphatic rings. The summed E-state index contributed by atoms with van der Waals surface area (Å²) in [6.45, 7) is -0.0898. The molecule has 9 heteroatoms. The van der Waals surface area contributed by atoms with E-state index in [9.17, 15) is 14.4 Å². The van der Waals surface area contributed by atoms with Crippen molar-refractivity contribution in [2.45, 2.75) is 12.1 Å². The molecule has 7 nitrogen and oxygen atoms in total. The molecule has 0 bridgehead atoms. The number of rotatable bonds is 4. The second kappa shape index (κ2) is 5.78. The zero-order chi connectivity index (χ0) is 15.8. The molecule has 1 atom stereocenters. The molecule has 1 aromatic heterocycles. The Hall–Kier alpha value is -1.38. The van der Waals surface area contributed by atoms with E-state index in [1.165, 1.54) is 20.3 Å². The van der Waals surface area contributed by atoms with Gasteiger partial charge in [-0.1, -0.05) is 11.6 Å². The summed E-state index contributed by atoms with van der Waals surface area (Å²) in [6.07, 6.45) is -0.261. The third kappa shape index (κ3) is 2.58. The molecule has 2 heterocycles. The number of methoxy groups -OCH3 is 2. The number of aromatic nitrogens is 1. The number of nitrogens with zero attached hydrogens (tertiary/aromatic N) is 1. The number of carbonyl (C=O) groups excluding carboxylic acids is 2. The summed E-state index contributed by atoms with van der Waals surface area (Å²) in [7, 11) is 2.62. The first-order valence-corrected chi connectivity index (χ1v) is 7.03. The Bertz CT molecular complexity index is 674. The normalized spacial score (nSPS) is 20.1. The van der Waals surface area contributed by atoms with E-state index in [0.717, 1.165) is 4.57 Å². The third-order valence-corrected chi connectivity index (χ3v) is 4.00. The average molecular weight is 380 g/mol. The van der Waals surface area contributed by atoms with Crippen molar-refractivity contribution in [2.24, 2.45) is 0 Å². The van der Waals surface area contributed by atoms with Crippen LogP contribution in [0.2, 0.25) is 5.02 Å². The minimum atomic E-state index is -1.36. The van der Waals surface area contributed by atoms with Gasteiger partial charge in [-0.3, -0.25) is 19.0 Å². The minimum absolute atomic E-state index is 0.00850. The van der Waals surface area contributed by atoms with Gasteiger partial charge in [-0.25, -0.2) is 0 Å². The van der Waals surface area contributed by atoms with Crippen LogP contribution < -0.4 is 10.9 Å². The highest BCUT2D eigenvalue weighted by Gasteiger charge is 2.47. The monoisotopic (exact) mass is 378 g/mol. The lowest BCUT2D eigenvalue weighted by atomic mass is 10.1. The predicted octanol–water partition coefficient (Wildman–Crippen LogP) is 0.870. The highest BCUT2D eigenvalue weighted by atomic mass is 79.9. The Balaban J connectivity index is 2.71. The van der Waals surface area contributed by atoms with Crippen molar-refractivity contribution in [3.63, 3.8) is 0 Å². The smallest absolute Gasteiger partial charge is 0.309 e. The molecule has 0 radical (unpaired) electrons. The third-order valence-electron chi connectivity index (χ3n) is 3.15. The number of nitrogens with one attached hydrogen (secondary N) is 1. The molecule has 2 rings (SSSR count). The maximum atomic E-state index is 12.4. The van der Waals surface area contributed by atoms with E-state index in [0.29, 0.717) is 0 Å². The molecule has 0 aromatic carbocycles. The summed E-state index contributed by atoms with van der Waals surface area (Å²) < 4.78 is 11.0. The second-order valence-corrected chi connectivity index (χ2v) is 5.76. The van der Waals surface area contributed by atoms with E-state index in [1.54, 1.807) is 0 Å². The van der Waals surface area contributed by atoms with Gasteiger partial charge in [0, 0.05) is 7.11 Å². The average Bonchev–Trinajstić information content (AvgIpc) is 2.69. The summed E-state index contributed by atoms with van der Waals surface area (Å²) in [5.74, 6) is -1.14. The summed E-state index contributed by atoms with van der Waals surface area (Å²) in [4.78, 5) is 36.2. The van der Waals surface area contributed by atoms with Crippen molar-refractivity contribution in [3.05, 3.63) is 31.6 Å². The van der Waals surface area contributed by atoms with Crippen LogP contribution in [-0.2, 0) is 19.9 Å². The standard InChI is InChI=1S/C12H12BrClN2O5/c1-20-5-12(4-8(17)21-2)15-10(18)9-7(14)3-6(13)11(19)16(9)12/h3H,4-5H2,1-2H3,(H,15,18). The summed E-state index contributed by atoms with van der Waals surface area (Å²) in [5, 5.41) is 2.70. The van der Waals surface area contributed by atoms with Crippen LogP contribution in [0.25, 0.3) is 0 Å². The van der Waals surface area contributed by atoms with Gasteiger partial charge in [-0.15, -0.1) is 0 Å². The molecular formula is C12H12BrClN2O5. The van der Waals surface area contributed by atoms with Crippen LogP contribution >= 0.6 is 27.5 Å². The van der Waals surface area contributed by atoms with Gasteiger partial charge in [0.15, 0.2) is 5.66 Å². The van der Waals surface area contributed by atoms with E-state index in [1.807, 2.05) is 0 Å². The van der Waals surface area contributed by atoms with Crippen LogP contribution in [0.4, 0.5) is 0 Å². The number of carbonyl (C=O) groups is 2. The Labute approximate surface area is 133 Å². The van der Waals surface area contributed by atoms with Crippen LogP contribution in [0.1, 0.15) is 16.9 Å². The summed E-state index contributed by atoms with van der Waals surface area (Å²) in [5.41, 5.74) is -1.86. The molecule has 1 amide bonds. The molecule has 0 saturated carbocycles. The van der Waals surface area contributed by atoms with Gasteiger partial charge in [-0.2, -0.15) is 0 Å². The van der Waals surface area contributed by atoms with Gasteiger partial charge in [0.25, 0.3) is 11.5 Å². The SMILES string of the molecule is COCC1(CC(=O)OC)NC(=O)c2c(Cl)cc(Br)c(=O)n21. The fraction of sp³-hybridized carbons (Fsp3) is 0.417. The van der Waals surface area contributed by atoms with Crippen LogP contribution in [-0.4, -0.2) is 37.3 Å². The number of hydrogen-bond donors (Lipinski definition) is 1. The lowest BCUT2D eigenvalue weighted by molar-refractivity contribution is -0.144. The summed E-state index contributed by atoms with van der Waals surface area (Å²) >= 11 is 9.12. The van der Waals surface area contributed by atoms with Crippen LogP contribution in [0, 0.1) is 0 Å². The lowest BCUT2D eigenvalue weighted by Gasteiger charge is -2.29. The first-order valence-electron chi connectivity index (χ1n) is 5.86. The van der Waals surface area contributed by atoms with Gasteiger partial charge >= 0.3 is 5.97 Å². The maximum absolute atomic E-state index is 12.4. The molecule has 0 saturated heterocycles. The molecule has 114 valence electrons. The number of amides is 1. The number of halogens is 2. The topological polar surface area (TPSA) is 86.6 Å². The summed E-state index contributed by atoms with van der Waals surface area (Å²) in [6, 6.07) is 1.34. The van der Waals surface area contributed by atoms with E-state index in [2.05, 4.69) is 26.0 Å². The Kier molecular flexibility index (Phi) is 4.40. The quantitative estimate of drug-likeness (QED) is 0.785. The van der Waals surface area contributed by atoms with Gasteiger partial charge < -0.3 is 14.8 Å². The van der Waals surface area contributed by atoms with Gasteiger partial charge in [0.05, 0.1) is 29.6 Å². The van der Waals surface area contributed by atoms with Crippen molar-refractivity contribution in [1.82, 2.24) is 9.88 Å². The molecule has 1 unspecified atom stereocenters. The first kappa shape index (κ1) is 16.0. The minimum Gasteiger partial charge on any atom is -0.469 e. The Morgan fingerprint density at radius 1 is 1.48 bits per heavy atom. The number of hydrogen-bond acceptors (Lipinski definition) is 5. The van der Waals surface area contributed by atoms with Gasteiger partial charge in [0.1, 0.15) is 5.69 Å². The van der Waals surface area contributed by atoms with Crippen LogP contribution in [0.15, 0.2) is 15.3 Å². The Morgan fingerprint density at radius 3 is 2.71 bits per heavy atom. The molecule has 0 spiro atoms.